The van der Waals surface area contributed by atoms with E-state index >= 15 is 0 Å². The van der Waals surface area contributed by atoms with Gasteiger partial charge in [0, 0.05) is 25.7 Å². The number of ether oxygens (including phenoxy) is 3. The van der Waals surface area contributed by atoms with E-state index < -0.39 is 65.0 Å². The minimum atomic E-state index is -1.45. The van der Waals surface area contributed by atoms with Crippen molar-refractivity contribution < 1.29 is 38.5 Å². The van der Waals surface area contributed by atoms with Gasteiger partial charge in [0.05, 0.1) is 6.10 Å². The van der Waals surface area contributed by atoms with Crippen LogP contribution in [0.4, 0.5) is 0 Å². The van der Waals surface area contributed by atoms with Crippen LogP contribution in [0.1, 0.15) is 53.4 Å². The number of aliphatic hydroxyl groups is 1. The summed E-state index contributed by atoms with van der Waals surface area (Å²) in [6.45, 7) is 10.7. The van der Waals surface area contributed by atoms with E-state index in [1.54, 1.807) is 0 Å². The van der Waals surface area contributed by atoms with Gasteiger partial charge in [-0.05, 0) is 42.6 Å². The molecule has 4 bridgehead atoms. The Bertz CT molecular complexity index is 952. The van der Waals surface area contributed by atoms with Crippen molar-refractivity contribution in [2.45, 2.75) is 77.8 Å². The predicted molar refractivity (Wildman–Crippen MR) is 109 cm³/mol. The van der Waals surface area contributed by atoms with E-state index in [4.69, 9.17) is 14.2 Å². The summed E-state index contributed by atoms with van der Waals surface area (Å²) in [6, 6.07) is 0. The zero-order chi connectivity index (χ0) is 23.4. The van der Waals surface area contributed by atoms with Crippen LogP contribution in [-0.2, 0) is 33.4 Å². The van der Waals surface area contributed by atoms with Crippen LogP contribution in [0.15, 0.2) is 12.2 Å². The molecule has 4 saturated carbocycles. The van der Waals surface area contributed by atoms with E-state index in [1.807, 2.05) is 0 Å². The molecule has 0 amide bonds. The first-order valence-electron chi connectivity index (χ1n) is 11.4. The molecule has 6 rings (SSSR count). The van der Waals surface area contributed by atoms with Crippen LogP contribution in [0, 0.1) is 34.0 Å². The van der Waals surface area contributed by atoms with Crippen LogP contribution in [0.3, 0.4) is 0 Å². The lowest BCUT2D eigenvalue weighted by Gasteiger charge is -2.70. The summed E-state index contributed by atoms with van der Waals surface area (Å²) in [5.74, 6) is -3.60. The number of carbonyl (C=O) groups is 4. The Hall–Kier alpha value is -2.22. The average molecular weight is 446 g/mol. The van der Waals surface area contributed by atoms with Gasteiger partial charge in [0.25, 0.3) is 0 Å². The summed E-state index contributed by atoms with van der Waals surface area (Å²) in [5.41, 5.74) is -2.87. The van der Waals surface area contributed by atoms with E-state index in [-0.39, 0.29) is 29.1 Å². The highest BCUT2D eigenvalue weighted by atomic mass is 16.6. The number of aliphatic hydroxyl groups excluding tert-OH is 1. The molecule has 6 fully saturated rings. The van der Waals surface area contributed by atoms with Gasteiger partial charge in [-0.2, -0.15) is 0 Å². The van der Waals surface area contributed by atoms with E-state index in [9.17, 15) is 24.3 Å². The third-order valence-corrected chi connectivity index (χ3v) is 9.20. The average Bonchev–Trinajstić information content (AvgIpc) is 2.80. The predicted octanol–water partition coefficient (Wildman–Crippen LogP) is 1.72. The normalized spacial score (nSPS) is 47.9. The number of hydrogen-bond acceptors (Lipinski definition) is 8. The molecule has 2 heterocycles. The molecule has 9 unspecified atom stereocenters. The summed E-state index contributed by atoms with van der Waals surface area (Å²) in [5, 5.41) is 11.5. The number of Topliss-reactive ketones (excluding diaryl/α,β-unsaturated/α-hetero) is 1. The molecule has 8 heteroatoms. The van der Waals surface area contributed by atoms with Gasteiger partial charge in [0.1, 0.15) is 29.1 Å². The van der Waals surface area contributed by atoms with Gasteiger partial charge in [-0.25, -0.2) is 0 Å². The smallest absolute Gasteiger partial charge is 0.316 e. The second kappa shape index (κ2) is 6.43. The van der Waals surface area contributed by atoms with E-state index in [0.29, 0.717) is 12.8 Å². The van der Waals surface area contributed by atoms with Crippen LogP contribution in [0.25, 0.3) is 0 Å². The van der Waals surface area contributed by atoms with Gasteiger partial charge in [0.15, 0.2) is 5.78 Å². The molecule has 2 saturated heterocycles. The fourth-order valence-corrected chi connectivity index (χ4v) is 8.23. The van der Waals surface area contributed by atoms with Gasteiger partial charge in [-0.15, -0.1) is 0 Å². The van der Waals surface area contributed by atoms with Crippen molar-refractivity contribution >= 4 is 23.7 Å². The van der Waals surface area contributed by atoms with Gasteiger partial charge in [-0.1, -0.05) is 20.4 Å². The molecule has 174 valence electrons. The molecule has 4 aliphatic carbocycles. The number of esters is 3. The molecule has 0 aromatic rings. The van der Waals surface area contributed by atoms with Crippen molar-refractivity contribution in [2.24, 2.45) is 34.0 Å². The fraction of sp³-hybridized carbons (Fsp3) is 0.750. The van der Waals surface area contributed by atoms with Crippen molar-refractivity contribution in [3.8, 4) is 0 Å². The largest absolute Gasteiger partial charge is 0.462 e. The number of rotatable bonds is 2. The molecule has 9 atom stereocenters. The van der Waals surface area contributed by atoms with Crippen LogP contribution in [0.2, 0.25) is 0 Å². The quantitative estimate of drug-likeness (QED) is 0.387. The molecule has 0 aromatic heterocycles. The Balaban J connectivity index is 1.80. The van der Waals surface area contributed by atoms with Crippen molar-refractivity contribution in [3.63, 3.8) is 0 Å². The highest BCUT2D eigenvalue weighted by Gasteiger charge is 2.85. The van der Waals surface area contributed by atoms with Crippen LogP contribution >= 0.6 is 0 Å². The second-order valence-electron chi connectivity index (χ2n) is 10.9. The van der Waals surface area contributed by atoms with Gasteiger partial charge < -0.3 is 19.3 Å². The van der Waals surface area contributed by atoms with Crippen molar-refractivity contribution in [3.05, 3.63) is 12.2 Å². The van der Waals surface area contributed by atoms with Crippen molar-refractivity contribution in [1.82, 2.24) is 0 Å². The summed E-state index contributed by atoms with van der Waals surface area (Å²) in [6.07, 6.45) is -1.87. The molecular formula is C24H30O8. The highest BCUT2D eigenvalue weighted by Crippen LogP contribution is 2.75. The zero-order valence-electron chi connectivity index (χ0n) is 18.9. The lowest BCUT2D eigenvalue weighted by molar-refractivity contribution is -0.317. The molecule has 6 aliphatic rings. The Labute approximate surface area is 186 Å². The topological polar surface area (TPSA) is 116 Å². The minimum Gasteiger partial charge on any atom is -0.462 e. The number of carbonyl (C=O) groups excluding carboxylic acids is 4. The third-order valence-electron chi connectivity index (χ3n) is 9.20. The summed E-state index contributed by atoms with van der Waals surface area (Å²) in [4.78, 5) is 51.7. The Morgan fingerprint density at radius 3 is 2.38 bits per heavy atom. The summed E-state index contributed by atoms with van der Waals surface area (Å²) in [7, 11) is 0. The second-order valence-corrected chi connectivity index (χ2v) is 10.9. The van der Waals surface area contributed by atoms with Crippen molar-refractivity contribution in [1.29, 1.82) is 0 Å². The van der Waals surface area contributed by atoms with Crippen LogP contribution in [-0.4, -0.2) is 53.2 Å². The lowest BCUT2D eigenvalue weighted by Crippen LogP contribution is -2.80. The molecule has 0 radical (unpaired) electrons. The van der Waals surface area contributed by atoms with E-state index in [1.165, 1.54) is 13.8 Å². The maximum atomic E-state index is 13.8. The van der Waals surface area contributed by atoms with Crippen molar-refractivity contribution in [2.75, 3.05) is 0 Å². The molecule has 1 N–H and O–H groups in total. The first-order chi connectivity index (χ1) is 14.9. The van der Waals surface area contributed by atoms with Gasteiger partial charge in [0.2, 0.25) is 0 Å². The summed E-state index contributed by atoms with van der Waals surface area (Å²) >= 11 is 0. The van der Waals surface area contributed by atoms with E-state index in [2.05, 4.69) is 20.4 Å². The molecule has 0 aromatic carbocycles. The maximum Gasteiger partial charge on any atom is 0.316 e. The number of ketones is 1. The number of hydrogen-bond donors (Lipinski definition) is 1. The van der Waals surface area contributed by atoms with E-state index in [0.717, 1.165) is 6.42 Å². The summed E-state index contributed by atoms with van der Waals surface area (Å²) < 4.78 is 17.4. The Morgan fingerprint density at radius 2 is 1.75 bits per heavy atom. The fourth-order valence-electron chi connectivity index (χ4n) is 8.23. The van der Waals surface area contributed by atoms with Gasteiger partial charge >= 0.3 is 17.9 Å². The highest BCUT2D eigenvalue weighted by molar-refractivity contribution is 6.06. The number of fused-ring (bicyclic) bond motifs is 2. The van der Waals surface area contributed by atoms with Crippen LogP contribution in [0.5, 0.6) is 0 Å². The SMILES string of the molecule is C=C1C(=O)C23C4CC5C(C)(C)CCC(OC(C)=O)C5(C(=O)O4)C2C(OC(C)=O)CC1C3O. The molecule has 2 spiro atoms. The lowest BCUT2D eigenvalue weighted by atomic mass is 9.36. The molecule has 32 heavy (non-hydrogen) atoms. The van der Waals surface area contributed by atoms with Crippen LogP contribution < -0.4 is 0 Å². The third kappa shape index (κ3) is 2.27. The van der Waals surface area contributed by atoms with Gasteiger partial charge in [-0.3, -0.25) is 19.2 Å². The minimum absolute atomic E-state index is 0.194. The zero-order valence-corrected chi connectivity index (χ0v) is 18.9. The first-order valence-corrected chi connectivity index (χ1v) is 11.4. The maximum absolute atomic E-state index is 13.8. The Kier molecular flexibility index (Phi) is 4.34. The molecule has 2 aliphatic heterocycles. The monoisotopic (exact) mass is 446 g/mol. The molecule has 8 nitrogen and oxygen atoms in total. The first kappa shape index (κ1) is 21.6. The standard InChI is InChI=1S/C24H30O8/c1-10-13-8-14(30-11(2)25)18-23-15(22(4,5)7-6-16(23)31-12(3)26)9-17(32-21(23)29)24(18,19(10)27)20(13)28/h13-18,20,28H,1,6-9H2,2-5H3. The molecular weight excluding hydrogens is 416 g/mol. The Morgan fingerprint density at radius 1 is 1.09 bits per heavy atom.